The van der Waals surface area contributed by atoms with Crippen LogP contribution in [0.3, 0.4) is 0 Å². The number of carbonyl (C=O) groups is 1. The van der Waals surface area contributed by atoms with Gasteiger partial charge in [-0.1, -0.05) is 25.7 Å². The predicted molar refractivity (Wildman–Crippen MR) is 119 cm³/mol. The molecule has 0 radical (unpaired) electrons. The first-order valence-electron chi connectivity index (χ1n) is 11.6. The van der Waals surface area contributed by atoms with Gasteiger partial charge in [-0.05, 0) is 52.9 Å². The van der Waals surface area contributed by atoms with Gasteiger partial charge in [-0.3, -0.25) is 4.79 Å². The number of amides is 1. The van der Waals surface area contributed by atoms with Crippen molar-refractivity contribution in [2.45, 2.75) is 103 Å². The van der Waals surface area contributed by atoms with Gasteiger partial charge in [-0.25, -0.2) is 4.99 Å². The molecule has 2 aliphatic rings. The lowest BCUT2D eigenvalue weighted by molar-refractivity contribution is -0.126. The summed E-state index contributed by atoms with van der Waals surface area (Å²) < 4.78 is 1.98. The SMILES string of the molecule is Cc1nnc(CN=C(NC2CCCCC2)NC2CCCC(C(=O)NC(C)C)C2)n1C. The van der Waals surface area contributed by atoms with E-state index in [-0.39, 0.29) is 23.9 Å². The maximum Gasteiger partial charge on any atom is 0.223 e. The Kier molecular flexibility index (Phi) is 8.10. The summed E-state index contributed by atoms with van der Waals surface area (Å²) in [5.41, 5.74) is 0. The molecule has 0 saturated heterocycles. The molecule has 168 valence electrons. The smallest absolute Gasteiger partial charge is 0.223 e. The molecule has 30 heavy (non-hydrogen) atoms. The minimum absolute atomic E-state index is 0.0796. The molecular weight excluding hydrogens is 378 g/mol. The van der Waals surface area contributed by atoms with Crippen LogP contribution >= 0.6 is 0 Å². The number of nitrogens with zero attached hydrogens (tertiary/aromatic N) is 4. The fourth-order valence-electron chi connectivity index (χ4n) is 4.47. The van der Waals surface area contributed by atoms with Crippen molar-refractivity contribution >= 4 is 11.9 Å². The van der Waals surface area contributed by atoms with E-state index in [1.54, 1.807) is 0 Å². The number of guanidine groups is 1. The van der Waals surface area contributed by atoms with Gasteiger partial charge in [0.05, 0.1) is 0 Å². The molecule has 1 aromatic heterocycles. The Balaban J connectivity index is 1.65. The Labute approximate surface area is 180 Å². The van der Waals surface area contributed by atoms with Crippen molar-refractivity contribution in [3.05, 3.63) is 11.6 Å². The Morgan fingerprint density at radius 2 is 1.77 bits per heavy atom. The second-order valence-electron chi connectivity index (χ2n) is 9.23. The van der Waals surface area contributed by atoms with Crippen molar-refractivity contribution in [1.29, 1.82) is 0 Å². The van der Waals surface area contributed by atoms with Crippen molar-refractivity contribution in [3.63, 3.8) is 0 Å². The van der Waals surface area contributed by atoms with E-state index < -0.39 is 0 Å². The summed E-state index contributed by atoms with van der Waals surface area (Å²) in [5, 5.41) is 18.8. The number of hydrogen-bond donors (Lipinski definition) is 3. The van der Waals surface area contributed by atoms with Crippen LogP contribution in [-0.2, 0) is 18.4 Å². The minimum Gasteiger partial charge on any atom is -0.354 e. The molecule has 2 atom stereocenters. The van der Waals surface area contributed by atoms with Crippen LogP contribution < -0.4 is 16.0 Å². The van der Waals surface area contributed by atoms with E-state index in [1.807, 2.05) is 32.4 Å². The molecule has 2 fully saturated rings. The van der Waals surface area contributed by atoms with Crippen molar-refractivity contribution in [3.8, 4) is 0 Å². The average Bonchev–Trinajstić information content (AvgIpc) is 3.04. The lowest BCUT2D eigenvalue weighted by atomic mass is 9.85. The van der Waals surface area contributed by atoms with Crippen molar-refractivity contribution in [2.75, 3.05) is 0 Å². The lowest BCUT2D eigenvalue weighted by Crippen LogP contribution is -2.50. The third-order valence-corrected chi connectivity index (χ3v) is 6.32. The molecule has 2 saturated carbocycles. The number of nitrogens with one attached hydrogen (secondary N) is 3. The molecule has 0 spiro atoms. The summed E-state index contributed by atoms with van der Waals surface area (Å²) in [4.78, 5) is 17.3. The van der Waals surface area contributed by atoms with Crippen LogP contribution in [0.25, 0.3) is 0 Å². The average molecular weight is 418 g/mol. The monoisotopic (exact) mass is 417 g/mol. The summed E-state index contributed by atoms with van der Waals surface area (Å²) in [5.74, 6) is 2.86. The number of rotatable bonds is 6. The molecule has 1 aromatic rings. The van der Waals surface area contributed by atoms with E-state index in [0.29, 0.717) is 12.6 Å². The number of aryl methyl sites for hydroxylation is 1. The molecule has 0 aliphatic heterocycles. The molecule has 2 unspecified atom stereocenters. The number of carbonyl (C=O) groups excluding carboxylic acids is 1. The summed E-state index contributed by atoms with van der Waals surface area (Å²) in [7, 11) is 1.97. The maximum atomic E-state index is 12.5. The van der Waals surface area contributed by atoms with Gasteiger partial charge in [-0.15, -0.1) is 10.2 Å². The van der Waals surface area contributed by atoms with E-state index in [4.69, 9.17) is 4.99 Å². The Morgan fingerprint density at radius 1 is 1.07 bits per heavy atom. The van der Waals surface area contributed by atoms with Gasteiger partial charge >= 0.3 is 0 Å². The zero-order valence-electron chi connectivity index (χ0n) is 19.1. The van der Waals surface area contributed by atoms with Crippen LogP contribution in [0.2, 0.25) is 0 Å². The van der Waals surface area contributed by atoms with Gasteiger partial charge in [0.15, 0.2) is 11.8 Å². The highest BCUT2D eigenvalue weighted by molar-refractivity contribution is 5.81. The minimum atomic E-state index is 0.0796. The van der Waals surface area contributed by atoms with Crippen LogP contribution in [0.1, 0.15) is 83.3 Å². The number of aromatic nitrogens is 3. The zero-order valence-corrected chi connectivity index (χ0v) is 19.1. The first-order valence-corrected chi connectivity index (χ1v) is 11.6. The first kappa shape index (κ1) is 22.6. The third kappa shape index (κ3) is 6.44. The third-order valence-electron chi connectivity index (χ3n) is 6.32. The molecule has 1 heterocycles. The molecule has 3 N–H and O–H groups in total. The molecule has 0 bridgehead atoms. The molecular formula is C22H39N7O. The van der Waals surface area contributed by atoms with Crippen LogP contribution in [0.4, 0.5) is 0 Å². The van der Waals surface area contributed by atoms with Gasteiger partial charge in [0.25, 0.3) is 0 Å². The maximum absolute atomic E-state index is 12.5. The normalized spacial score (nSPS) is 23.4. The van der Waals surface area contributed by atoms with Crippen LogP contribution in [0.5, 0.6) is 0 Å². The van der Waals surface area contributed by atoms with Crippen molar-refractivity contribution in [2.24, 2.45) is 18.0 Å². The fraction of sp³-hybridized carbons (Fsp3) is 0.818. The Bertz CT molecular complexity index is 721. The topological polar surface area (TPSA) is 96.2 Å². The fourth-order valence-corrected chi connectivity index (χ4v) is 4.47. The zero-order chi connectivity index (χ0) is 21.5. The summed E-state index contributed by atoms with van der Waals surface area (Å²) in [6.45, 7) is 6.47. The predicted octanol–water partition coefficient (Wildman–Crippen LogP) is 2.57. The highest BCUT2D eigenvalue weighted by Gasteiger charge is 2.28. The van der Waals surface area contributed by atoms with Gasteiger partial charge in [0.1, 0.15) is 12.4 Å². The summed E-state index contributed by atoms with van der Waals surface area (Å²) in [6, 6.07) is 0.915. The van der Waals surface area contributed by atoms with E-state index >= 15 is 0 Å². The standard InChI is InChI=1S/C22H39N7O/c1-15(2)24-21(30)17-9-8-12-19(13-17)26-22(25-18-10-6-5-7-11-18)23-14-20-28-27-16(3)29(20)4/h15,17-19H,5-14H2,1-4H3,(H,24,30)(H2,23,25,26). The van der Waals surface area contributed by atoms with Gasteiger partial charge in [-0.2, -0.15) is 0 Å². The number of aliphatic imine (C=N–C) groups is 1. The molecule has 3 rings (SSSR count). The highest BCUT2D eigenvalue weighted by atomic mass is 16.1. The molecule has 1 amide bonds. The van der Waals surface area contributed by atoms with Crippen LogP contribution in [-0.4, -0.2) is 44.8 Å². The van der Waals surface area contributed by atoms with Crippen molar-refractivity contribution in [1.82, 2.24) is 30.7 Å². The first-order chi connectivity index (χ1) is 14.4. The van der Waals surface area contributed by atoms with E-state index in [2.05, 4.69) is 26.1 Å². The number of hydrogen-bond acceptors (Lipinski definition) is 4. The molecule has 8 nitrogen and oxygen atoms in total. The second-order valence-corrected chi connectivity index (χ2v) is 9.23. The second kappa shape index (κ2) is 10.8. The van der Waals surface area contributed by atoms with E-state index in [9.17, 15) is 4.79 Å². The molecule has 8 heteroatoms. The summed E-state index contributed by atoms with van der Waals surface area (Å²) >= 11 is 0. The van der Waals surface area contributed by atoms with Crippen LogP contribution in [0.15, 0.2) is 4.99 Å². The highest BCUT2D eigenvalue weighted by Crippen LogP contribution is 2.25. The quantitative estimate of drug-likeness (QED) is 0.488. The Morgan fingerprint density at radius 3 is 2.43 bits per heavy atom. The lowest BCUT2D eigenvalue weighted by Gasteiger charge is -2.32. The van der Waals surface area contributed by atoms with Crippen molar-refractivity contribution < 1.29 is 4.79 Å². The van der Waals surface area contributed by atoms with E-state index in [0.717, 1.165) is 43.3 Å². The van der Waals surface area contributed by atoms with Gasteiger partial charge in [0.2, 0.25) is 5.91 Å². The molecule has 0 aromatic carbocycles. The van der Waals surface area contributed by atoms with Gasteiger partial charge in [0, 0.05) is 31.1 Å². The molecule has 2 aliphatic carbocycles. The summed E-state index contributed by atoms with van der Waals surface area (Å²) in [6.07, 6.45) is 10.2. The van der Waals surface area contributed by atoms with Crippen LogP contribution in [0, 0.1) is 12.8 Å². The van der Waals surface area contributed by atoms with Gasteiger partial charge < -0.3 is 20.5 Å². The van der Waals surface area contributed by atoms with E-state index in [1.165, 1.54) is 32.1 Å². The Hall–Kier alpha value is -2.12. The largest absolute Gasteiger partial charge is 0.354 e.